The number of ether oxygens (including phenoxy) is 1. The predicted molar refractivity (Wildman–Crippen MR) is 115 cm³/mol. The van der Waals surface area contributed by atoms with Crippen LogP contribution in [0.3, 0.4) is 0 Å². The number of carbonyl (C=O) groups excluding carboxylic acids is 2. The Labute approximate surface area is 178 Å². The number of nitrogens with zero attached hydrogens (tertiary/aromatic N) is 3. The van der Waals surface area contributed by atoms with Crippen molar-refractivity contribution in [3.63, 3.8) is 0 Å². The lowest BCUT2D eigenvalue weighted by Crippen LogP contribution is -2.56. The van der Waals surface area contributed by atoms with E-state index in [-0.39, 0.29) is 24.5 Å². The standard InChI is InChI=1S/C23H32N4O3/c1-6-12-26-17(5)19(16(4)25-26)13-24-23(29)22-21(18-10-8-7-9-11-18)27(15(2)3)20(28)14-30-22/h7-11,15,21-22H,6,12-14H2,1-5H3,(H,24,29)/t21-,22+/m1/s1. The summed E-state index contributed by atoms with van der Waals surface area (Å²) >= 11 is 0. The van der Waals surface area contributed by atoms with Gasteiger partial charge in [0.1, 0.15) is 6.61 Å². The number of aromatic nitrogens is 2. The molecule has 1 aromatic carbocycles. The molecule has 7 heteroatoms. The van der Waals surface area contributed by atoms with Gasteiger partial charge in [0.15, 0.2) is 6.10 Å². The van der Waals surface area contributed by atoms with Gasteiger partial charge in [0.25, 0.3) is 5.91 Å². The zero-order chi connectivity index (χ0) is 21.8. The van der Waals surface area contributed by atoms with E-state index < -0.39 is 12.1 Å². The molecule has 0 radical (unpaired) electrons. The van der Waals surface area contributed by atoms with E-state index in [1.165, 1.54) is 0 Å². The van der Waals surface area contributed by atoms with Crippen LogP contribution in [0.2, 0.25) is 0 Å². The van der Waals surface area contributed by atoms with Gasteiger partial charge in [0.05, 0.1) is 11.7 Å². The topological polar surface area (TPSA) is 76.5 Å². The molecule has 0 spiro atoms. The smallest absolute Gasteiger partial charge is 0.251 e. The maximum absolute atomic E-state index is 13.2. The third-order valence-electron chi connectivity index (χ3n) is 5.62. The highest BCUT2D eigenvalue weighted by Crippen LogP contribution is 2.32. The zero-order valence-electron chi connectivity index (χ0n) is 18.5. The van der Waals surface area contributed by atoms with Crippen molar-refractivity contribution in [2.75, 3.05) is 6.61 Å². The fourth-order valence-electron chi connectivity index (χ4n) is 4.14. The minimum Gasteiger partial charge on any atom is -0.356 e. The maximum atomic E-state index is 13.2. The molecule has 2 aromatic rings. The van der Waals surface area contributed by atoms with E-state index in [1.54, 1.807) is 4.90 Å². The molecule has 1 aliphatic rings. The van der Waals surface area contributed by atoms with Gasteiger partial charge in [-0.15, -0.1) is 0 Å². The highest BCUT2D eigenvalue weighted by Gasteiger charge is 2.42. The number of hydrogen-bond donors (Lipinski definition) is 1. The zero-order valence-corrected chi connectivity index (χ0v) is 18.5. The Kier molecular flexibility index (Phi) is 6.92. The summed E-state index contributed by atoms with van der Waals surface area (Å²) in [5.41, 5.74) is 3.91. The first-order valence-corrected chi connectivity index (χ1v) is 10.6. The van der Waals surface area contributed by atoms with E-state index in [0.29, 0.717) is 6.54 Å². The van der Waals surface area contributed by atoms with Crippen molar-refractivity contribution in [2.24, 2.45) is 0 Å². The first-order valence-electron chi connectivity index (χ1n) is 10.6. The Morgan fingerprint density at radius 2 is 1.97 bits per heavy atom. The number of carbonyl (C=O) groups is 2. The molecule has 1 aromatic heterocycles. The highest BCUT2D eigenvalue weighted by molar-refractivity contribution is 5.86. The molecule has 3 rings (SSSR count). The second kappa shape index (κ2) is 9.43. The Hall–Kier alpha value is -2.67. The quantitative estimate of drug-likeness (QED) is 0.759. The average Bonchev–Trinajstić information content (AvgIpc) is 2.99. The molecule has 1 aliphatic heterocycles. The lowest BCUT2D eigenvalue weighted by atomic mass is 9.95. The van der Waals surface area contributed by atoms with E-state index in [2.05, 4.69) is 17.3 Å². The summed E-state index contributed by atoms with van der Waals surface area (Å²) in [6.07, 6.45) is 0.236. The lowest BCUT2D eigenvalue weighted by Gasteiger charge is -2.42. The van der Waals surface area contributed by atoms with E-state index >= 15 is 0 Å². The fourth-order valence-corrected chi connectivity index (χ4v) is 4.14. The third kappa shape index (κ3) is 4.41. The first kappa shape index (κ1) is 22.0. The van der Waals surface area contributed by atoms with Crippen LogP contribution in [-0.4, -0.2) is 45.2 Å². The summed E-state index contributed by atoms with van der Waals surface area (Å²) in [4.78, 5) is 27.5. The second-order valence-electron chi connectivity index (χ2n) is 8.07. The fraction of sp³-hybridized carbons (Fsp3) is 0.522. The average molecular weight is 413 g/mol. The lowest BCUT2D eigenvalue weighted by molar-refractivity contribution is -0.167. The van der Waals surface area contributed by atoms with Crippen LogP contribution in [0.4, 0.5) is 0 Å². The summed E-state index contributed by atoms with van der Waals surface area (Å²) in [5, 5.41) is 7.60. The predicted octanol–water partition coefficient (Wildman–Crippen LogP) is 2.90. The Morgan fingerprint density at radius 3 is 2.60 bits per heavy atom. The van der Waals surface area contributed by atoms with E-state index in [1.807, 2.05) is 62.7 Å². The molecule has 162 valence electrons. The number of aryl methyl sites for hydroxylation is 2. The largest absolute Gasteiger partial charge is 0.356 e. The molecule has 1 fully saturated rings. The van der Waals surface area contributed by atoms with Crippen LogP contribution in [0, 0.1) is 13.8 Å². The molecule has 0 unspecified atom stereocenters. The molecular formula is C23H32N4O3. The Bertz CT molecular complexity index is 891. The summed E-state index contributed by atoms with van der Waals surface area (Å²) in [6, 6.07) is 9.11. The van der Waals surface area contributed by atoms with Gasteiger partial charge in [0.2, 0.25) is 5.91 Å². The number of morpholine rings is 1. The number of amides is 2. The van der Waals surface area contributed by atoms with Gasteiger partial charge in [-0.3, -0.25) is 14.3 Å². The van der Waals surface area contributed by atoms with Crippen LogP contribution in [0.5, 0.6) is 0 Å². The maximum Gasteiger partial charge on any atom is 0.251 e. The second-order valence-corrected chi connectivity index (χ2v) is 8.07. The molecule has 2 amide bonds. The summed E-state index contributed by atoms with van der Waals surface area (Å²) in [6.45, 7) is 11.2. The van der Waals surface area contributed by atoms with Gasteiger partial charge in [-0.25, -0.2) is 0 Å². The SMILES string of the molecule is CCCn1nc(C)c(CNC(=O)[C@H]2OCC(=O)N(C(C)C)[C@@H]2c2ccccc2)c1C. The van der Waals surface area contributed by atoms with Gasteiger partial charge in [0, 0.05) is 30.4 Å². The minimum atomic E-state index is -0.765. The Balaban J connectivity index is 1.82. The van der Waals surface area contributed by atoms with Crippen molar-refractivity contribution in [3.05, 3.63) is 52.8 Å². The van der Waals surface area contributed by atoms with Crippen LogP contribution in [0.25, 0.3) is 0 Å². The Morgan fingerprint density at radius 1 is 1.27 bits per heavy atom. The van der Waals surface area contributed by atoms with E-state index in [9.17, 15) is 9.59 Å². The molecule has 30 heavy (non-hydrogen) atoms. The number of nitrogens with one attached hydrogen (secondary N) is 1. The van der Waals surface area contributed by atoms with Crippen molar-refractivity contribution in [1.82, 2.24) is 20.0 Å². The van der Waals surface area contributed by atoms with Gasteiger partial charge in [-0.05, 0) is 39.7 Å². The summed E-state index contributed by atoms with van der Waals surface area (Å²) in [7, 11) is 0. The first-order chi connectivity index (χ1) is 14.3. The van der Waals surface area contributed by atoms with Gasteiger partial charge in [-0.2, -0.15) is 5.10 Å². The molecule has 1 saturated heterocycles. The molecule has 7 nitrogen and oxygen atoms in total. The van der Waals surface area contributed by atoms with Gasteiger partial charge >= 0.3 is 0 Å². The number of rotatable bonds is 7. The number of benzene rings is 1. The normalized spacial score (nSPS) is 19.4. The molecule has 0 bridgehead atoms. The molecule has 2 atom stereocenters. The van der Waals surface area contributed by atoms with Crippen molar-refractivity contribution in [3.8, 4) is 0 Å². The van der Waals surface area contributed by atoms with Crippen molar-refractivity contribution < 1.29 is 14.3 Å². The van der Waals surface area contributed by atoms with E-state index in [4.69, 9.17) is 4.74 Å². The third-order valence-corrected chi connectivity index (χ3v) is 5.62. The molecule has 2 heterocycles. The molecule has 1 N–H and O–H groups in total. The van der Waals surface area contributed by atoms with Crippen molar-refractivity contribution >= 4 is 11.8 Å². The van der Waals surface area contributed by atoms with Crippen LogP contribution in [0.15, 0.2) is 30.3 Å². The summed E-state index contributed by atoms with van der Waals surface area (Å²) in [5.74, 6) is -0.320. The van der Waals surface area contributed by atoms with Crippen LogP contribution >= 0.6 is 0 Å². The monoisotopic (exact) mass is 412 g/mol. The van der Waals surface area contributed by atoms with Gasteiger partial charge < -0.3 is 15.0 Å². The molecular weight excluding hydrogens is 380 g/mol. The van der Waals surface area contributed by atoms with Crippen LogP contribution in [-0.2, 0) is 27.4 Å². The highest BCUT2D eigenvalue weighted by atomic mass is 16.5. The van der Waals surface area contributed by atoms with E-state index in [0.717, 1.165) is 35.5 Å². The molecule has 0 aliphatic carbocycles. The van der Waals surface area contributed by atoms with Crippen molar-refractivity contribution in [1.29, 1.82) is 0 Å². The minimum absolute atomic E-state index is 0.0429. The van der Waals surface area contributed by atoms with Crippen LogP contribution in [0.1, 0.15) is 55.7 Å². The van der Waals surface area contributed by atoms with Crippen LogP contribution < -0.4 is 5.32 Å². The van der Waals surface area contributed by atoms with Crippen molar-refractivity contribution in [2.45, 2.75) is 72.3 Å². The van der Waals surface area contributed by atoms with Gasteiger partial charge in [-0.1, -0.05) is 37.3 Å². The summed E-state index contributed by atoms with van der Waals surface area (Å²) < 4.78 is 7.75. The number of hydrogen-bond acceptors (Lipinski definition) is 4. The molecule has 0 saturated carbocycles.